The molecule has 2 heterocycles. The second-order valence-electron chi connectivity index (χ2n) is 5.87. The molecule has 0 saturated carbocycles. The summed E-state index contributed by atoms with van der Waals surface area (Å²) in [6.07, 6.45) is 1.98. The molecule has 3 aromatic rings. The summed E-state index contributed by atoms with van der Waals surface area (Å²) in [5.41, 5.74) is 0.941. The second-order valence-corrected chi connectivity index (χ2v) is 6.88. The van der Waals surface area contributed by atoms with Crippen LogP contribution >= 0.6 is 11.3 Å². The van der Waals surface area contributed by atoms with Crippen LogP contribution in [0.1, 0.15) is 6.42 Å². The zero-order valence-corrected chi connectivity index (χ0v) is 15.4. The molecule has 4 rings (SSSR count). The predicted molar refractivity (Wildman–Crippen MR) is 103 cm³/mol. The molecule has 1 aliphatic heterocycles. The van der Waals surface area contributed by atoms with Crippen LogP contribution in [0.5, 0.6) is 17.2 Å². The maximum atomic E-state index is 12.3. The molecule has 0 fully saturated rings. The van der Waals surface area contributed by atoms with Gasteiger partial charge in [0.15, 0.2) is 16.3 Å². The smallest absolute Gasteiger partial charge is 0.251 e. The molecule has 27 heavy (non-hydrogen) atoms. The fourth-order valence-corrected chi connectivity index (χ4v) is 3.85. The van der Waals surface area contributed by atoms with Crippen molar-refractivity contribution >= 4 is 27.5 Å². The lowest BCUT2D eigenvalue weighted by atomic mass is 10.3. The molecule has 0 unspecified atom stereocenters. The average Bonchev–Trinajstić information content (AvgIpc) is 3.25. The number of nitrogens with zero attached hydrogens (tertiary/aromatic N) is 2. The largest absolute Gasteiger partial charge is 0.493 e. The Kier molecular flexibility index (Phi) is 4.93. The van der Waals surface area contributed by atoms with E-state index in [2.05, 4.69) is 11.6 Å². The standard InChI is InChI=1S/C20H18N2O4S/c1-2-9-22-15-11-16-17(26-13-25-16)12-18(15)27-20(22)21-19(23)8-10-24-14-6-4-3-5-7-14/h2-7,11-12H,1,8-10,13H2. The zero-order chi connectivity index (χ0) is 18.6. The van der Waals surface area contributed by atoms with E-state index in [0.29, 0.717) is 22.8 Å². The van der Waals surface area contributed by atoms with E-state index in [9.17, 15) is 4.79 Å². The highest BCUT2D eigenvalue weighted by molar-refractivity contribution is 7.16. The lowest BCUT2D eigenvalue weighted by molar-refractivity contribution is -0.118. The molecule has 1 aliphatic rings. The third-order valence-electron chi connectivity index (χ3n) is 4.04. The Bertz CT molecular complexity index is 1050. The van der Waals surface area contributed by atoms with Crippen LogP contribution in [0, 0.1) is 0 Å². The van der Waals surface area contributed by atoms with Gasteiger partial charge in [-0.1, -0.05) is 35.6 Å². The summed E-state index contributed by atoms with van der Waals surface area (Å²) in [6, 6.07) is 13.2. The summed E-state index contributed by atoms with van der Waals surface area (Å²) in [5, 5.41) is 0. The third kappa shape index (κ3) is 3.73. The summed E-state index contributed by atoms with van der Waals surface area (Å²) < 4.78 is 19.4. The fourth-order valence-electron chi connectivity index (χ4n) is 2.79. The van der Waals surface area contributed by atoms with Crippen molar-refractivity contribution in [1.29, 1.82) is 0 Å². The quantitative estimate of drug-likeness (QED) is 0.612. The first-order valence-electron chi connectivity index (χ1n) is 8.54. The Morgan fingerprint density at radius 1 is 1.26 bits per heavy atom. The number of carbonyl (C=O) groups excluding carboxylic acids is 1. The number of ether oxygens (including phenoxy) is 3. The first kappa shape index (κ1) is 17.4. The van der Waals surface area contributed by atoms with Gasteiger partial charge in [-0.15, -0.1) is 6.58 Å². The maximum Gasteiger partial charge on any atom is 0.251 e. The van der Waals surface area contributed by atoms with Crippen molar-refractivity contribution < 1.29 is 19.0 Å². The van der Waals surface area contributed by atoms with Gasteiger partial charge in [0.1, 0.15) is 5.75 Å². The van der Waals surface area contributed by atoms with E-state index in [4.69, 9.17) is 14.2 Å². The van der Waals surface area contributed by atoms with Gasteiger partial charge < -0.3 is 18.8 Å². The van der Waals surface area contributed by atoms with Gasteiger partial charge in [0.2, 0.25) is 6.79 Å². The molecule has 7 heteroatoms. The number of hydrogen-bond donors (Lipinski definition) is 0. The highest BCUT2D eigenvalue weighted by atomic mass is 32.1. The summed E-state index contributed by atoms with van der Waals surface area (Å²) in [5.74, 6) is 1.93. The van der Waals surface area contributed by atoms with Crippen molar-refractivity contribution in [3.05, 3.63) is 59.9 Å². The lowest BCUT2D eigenvalue weighted by Gasteiger charge is -2.04. The van der Waals surface area contributed by atoms with Gasteiger partial charge in [-0.2, -0.15) is 4.99 Å². The Labute approximate surface area is 159 Å². The van der Waals surface area contributed by atoms with Crippen LogP contribution in [0.4, 0.5) is 0 Å². The van der Waals surface area contributed by atoms with E-state index >= 15 is 0 Å². The normalized spacial score (nSPS) is 13.1. The molecule has 0 atom stereocenters. The second kappa shape index (κ2) is 7.67. The monoisotopic (exact) mass is 382 g/mol. The van der Waals surface area contributed by atoms with Gasteiger partial charge in [-0.05, 0) is 12.1 Å². The molecule has 138 valence electrons. The minimum Gasteiger partial charge on any atom is -0.493 e. The third-order valence-corrected chi connectivity index (χ3v) is 5.08. The van der Waals surface area contributed by atoms with Gasteiger partial charge in [0.05, 0.1) is 23.2 Å². The summed E-state index contributed by atoms with van der Waals surface area (Å²) in [4.78, 5) is 17.2. The van der Waals surface area contributed by atoms with E-state index in [1.807, 2.05) is 47.0 Å². The molecule has 1 aromatic heterocycles. The number of carbonyl (C=O) groups is 1. The highest BCUT2D eigenvalue weighted by Gasteiger charge is 2.17. The topological polar surface area (TPSA) is 62.1 Å². The number of thiazole rings is 1. The van der Waals surface area contributed by atoms with Gasteiger partial charge in [-0.3, -0.25) is 4.79 Å². The lowest BCUT2D eigenvalue weighted by Crippen LogP contribution is -2.17. The van der Waals surface area contributed by atoms with Gasteiger partial charge in [-0.25, -0.2) is 0 Å². The van der Waals surface area contributed by atoms with Crippen LogP contribution in [0.25, 0.3) is 10.2 Å². The SMILES string of the molecule is C=CCn1c(=NC(=O)CCOc2ccccc2)sc2cc3c(cc21)OCO3. The number of hydrogen-bond acceptors (Lipinski definition) is 5. The van der Waals surface area contributed by atoms with E-state index in [1.54, 1.807) is 6.08 Å². The summed E-state index contributed by atoms with van der Waals surface area (Å²) in [6.45, 7) is 4.86. The number of rotatable bonds is 6. The molecule has 0 saturated heterocycles. The molecular weight excluding hydrogens is 364 g/mol. The van der Waals surface area contributed by atoms with E-state index < -0.39 is 0 Å². The van der Waals surface area contributed by atoms with Crippen molar-refractivity contribution in [2.45, 2.75) is 13.0 Å². The number of aromatic nitrogens is 1. The number of amides is 1. The maximum absolute atomic E-state index is 12.3. The van der Waals surface area contributed by atoms with Gasteiger partial charge >= 0.3 is 0 Å². The molecule has 0 bridgehead atoms. The molecule has 0 radical (unpaired) electrons. The van der Waals surface area contributed by atoms with Gasteiger partial charge in [0.25, 0.3) is 5.91 Å². The van der Waals surface area contributed by atoms with Crippen LogP contribution < -0.4 is 19.0 Å². The minimum atomic E-state index is -0.227. The Balaban J connectivity index is 1.57. The fraction of sp³-hybridized carbons (Fsp3) is 0.200. The Morgan fingerprint density at radius 3 is 2.81 bits per heavy atom. The van der Waals surface area contributed by atoms with Crippen molar-refractivity contribution in [3.8, 4) is 17.2 Å². The van der Waals surface area contributed by atoms with E-state index in [-0.39, 0.29) is 25.7 Å². The van der Waals surface area contributed by atoms with Crippen LogP contribution in [-0.4, -0.2) is 23.9 Å². The first-order chi connectivity index (χ1) is 13.2. The van der Waals surface area contributed by atoms with Crippen molar-refractivity contribution in [3.63, 3.8) is 0 Å². The number of allylic oxidation sites excluding steroid dienone is 1. The molecule has 2 aromatic carbocycles. The van der Waals surface area contributed by atoms with Gasteiger partial charge in [0, 0.05) is 18.7 Å². The van der Waals surface area contributed by atoms with Crippen LogP contribution in [0.15, 0.2) is 60.1 Å². The molecule has 0 N–H and O–H groups in total. The molecule has 1 amide bonds. The molecule has 0 aliphatic carbocycles. The van der Waals surface area contributed by atoms with Crippen LogP contribution in [0.3, 0.4) is 0 Å². The molecular formula is C20H18N2O4S. The van der Waals surface area contributed by atoms with Crippen LogP contribution in [0.2, 0.25) is 0 Å². The predicted octanol–water partition coefficient (Wildman–Crippen LogP) is 3.51. The number of benzene rings is 2. The number of para-hydroxylation sites is 1. The van der Waals surface area contributed by atoms with Crippen molar-refractivity contribution in [2.75, 3.05) is 13.4 Å². The highest BCUT2D eigenvalue weighted by Crippen LogP contribution is 2.36. The summed E-state index contributed by atoms with van der Waals surface area (Å²) in [7, 11) is 0. The average molecular weight is 382 g/mol. The Morgan fingerprint density at radius 2 is 2.04 bits per heavy atom. The zero-order valence-electron chi connectivity index (χ0n) is 14.6. The minimum absolute atomic E-state index is 0.208. The molecule has 0 spiro atoms. The Hall–Kier alpha value is -3.06. The van der Waals surface area contributed by atoms with E-state index in [1.165, 1.54) is 11.3 Å². The number of fused-ring (bicyclic) bond motifs is 2. The van der Waals surface area contributed by atoms with Crippen LogP contribution in [-0.2, 0) is 11.3 Å². The van der Waals surface area contributed by atoms with Crippen molar-refractivity contribution in [2.24, 2.45) is 4.99 Å². The first-order valence-corrected chi connectivity index (χ1v) is 9.35. The molecule has 6 nitrogen and oxygen atoms in total. The van der Waals surface area contributed by atoms with E-state index in [0.717, 1.165) is 16.0 Å². The van der Waals surface area contributed by atoms with Crippen molar-refractivity contribution in [1.82, 2.24) is 4.57 Å². The summed E-state index contributed by atoms with van der Waals surface area (Å²) >= 11 is 1.44.